The fraction of sp³-hybridized carbons (Fsp3) is 0.750. The van der Waals surface area contributed by atoms with Crippen LogP contribution in [0.4, 0.5) is 13.2 Å². The lowest BCUT2D eigenvalue weighted by Gasteiger charge is -2.18. The van der Waals surface area contributed by atoms with E-state index in [1.54, 1.807) is 0 Å². The SMILES string of the molecule is CC1=C(F)C(C)C(C)C1(F)F. The summed E-state index contributed by atoms with van der Waals surface area (Å²) in [6, 6.07) is 0. The molecule has 3 heteroatoms. The number of rotatable bonds is 0. The first kappa shape index (κ1) is 8.62. The van der Waals surface area contributed by atoms with Gasteiger partial charge in [-0.3, -0.25) is 0 Å². The second kappa shape index (κ2) is 2.26. The van der Waals surface area contributed by atoms with Crippen molar-refractivity contribution >= 4 is 0 Å². The topological polar surface area (TPSA) is 0 Å². The third-order valence-corrected chi connectivity index (χ3v) is 2.58. The molecule has 11 heavy (non-hydrogen) atoms. The van der Waals surface area contributed by atoms with Crippen molar-refractivity contribution in [2.45, 2.75) is 26.7 Å². The zero-order valence-electron chi connectivity index (χ0n) is 6.79. The second-order valence-corrected chi connectivity index (χ2v) is 3.17. The molecule has 0 radical (unpaired) electrons. The van der Waals surface area contributed by atoms with Crippen LogP contribution in [0.1, 0.15) is 20.8 Å². The molecule has 0 bridgehead atoms. The third-order valence-electron chi connectivity index (χ3n) is 2.58. The highest BCUT2D eigenvalue weighted by atomic mass is 19.3. The Morgan fingerprint density at radius 3 is 1.82 bits per heavy atom. The molecule has 0 aliphatic heterocycles. The van der Waals surface area contributed by atoms with Gasteiger partial charge in [0.1, 0.15) is 5.83 Å². The van der Waals surface area contributed by atoms with Crippen LogP contribution in [0.15, 0.2) is 11.4 Å². The van der Waals surface area contributed by atoms with E-state index in [-0.39, 0.29) is 0 Å². The molecule has 1 aliphatic carbocycles. The summed E-state index contributed by atoms with van der Waals surface area (Å²) >= 11 is 0. The summed E-state index contributed by atoms with van der Waals surface area (Å²) in [6.45, 7) is 4.03. The van der Waals surface area contributed by atoms with Gasteiger partial charge >= 0.3 is 0 Å². The molecule has 0 heterocycles. The average Bonchev–Trinajstić information content (AvgIpc) is 2.06. The van der Waals surface area contributed by atoms with Crippen molar-refractivity contribution < 1.29 is 13.2 Å². The molecule has 2 unspecified atom stereocenters. The minimum Gasteiger partial charge on any atom is -0.211 e. The molecule has 64 valence electrons. The number of alkyl halides is 2. The van der Waals surface area contributed by atoms with Crippen molar-refractivity contribution in [3.8, 4) is 0 Å². The van der Waals surface area contributed by atoms with Gasteiger partial charge < -0.3 is 0 Å². The quantitative estimate of drug-likeness (QED) is 0.516. The van der Waals surface area contributed by atoms with Crippen molar-refractivity contribution in [2.75, 3.05) is 0 Å². The van der Waals surface area contributed by atoms with Crippen LogP contribution in [0.25, 0.3) is 0 Å². The second-order valence-electron chi connectivity index (χ2n) is 3.17. The molecule has 1 rings (SSSR count). The van der Waals surface area contributed by atoms with E-state index in [1.165, 1.54) is 13.8 Å². The van der Waals surface area contributed by atoms with Gasteiger partial charge in [0.15, 0.2) is 0 Å². The van der Waals surface area contributed by atoms with Crippen molar-refractivity contribution in [3.05, 3.63) is 11.4 Å². The van der Waals surface area contributed by atoms with E-state index in [1.807, 2.05) is 0 Å². The number of allylic oxidation sites excluding steroid dienone is 2. The highest BCUT2D eigenvalue weighted by Crippen LogP contribution is 2.48. The molecule has 0 saturated carbocycles. The van der Waals surface area contributed by atoms with Crippen LogP contribution >= 0.6 is 0 Å². The lowest BCUT2D eigenvalue weighted by Crippen LogP contribution is -2.24. The van der Waals surface area contributed by atoms with E-state index in [0.29, 0.717) is 0 Å². The molecule has 2 atom stereocenters. The fourth-order valence-electron chi connectivity index (χ4n) is 1.38. The fourth-order valence-corrected chi connectivity index (χ4v) is 1.38. The van der Waals surface area contributed by atoms with Crippen molar-refractivity contribution in [1.29, 1.82) is 0 Å². The molecule has 0 nitrogen and oxygen atoms in total. The molecule has 0 N–H and O–H groups in total. The maximum absolute atomic E-state index is 12.9. The van der Waals surface area contributed by atoms with Gasteiger partial charge in [0.2, 0.25) is 0 Å². The standard InChI is InChI=1S/C8H11F3/c1-4-5(2)8(10,11)6(3)7(4)9/h4-5H,1-3H3. The van der Waals surface area contributed by atoms with E-state index in [4.69, 9.17) is 0 Å². The van der Waals surface area contributed by atoms with Gasteiger partial charge in [-0.25, -0.2) is 13.2 Å². The normalized spacial score (nSPS) is 36.5. The van der Waals surface area contributed by atoms with Crippen LogP contribution in [-0.2, 0) is 0 Å². The van der Waals surface area contributed by atoms with Crippen LogP contribution in [-0.4, -0.2) is 5.92 Å². The Hall–Kier alpha value is -0.470. The minimum atomic E-state index is -2.94. The Bertz CT molecular complexity index is 205. The molecule has 0 aromatic carbocycles. The molecular weight excluding hydrogens is 153 g/mol. The highest BCUT2D eigenvalue weighted by molar-refractivity contribution is 5.25. The summed E-state index contributed by atoms with van der Waals surface area (Å²) < 4.78 is 38.7. The van der Waals surface area contributed by atoms with Gasteiger partial charge in [0, 0.05) is 17.4 Å². The number of hydrogen-bond acceptors (Lipinski definition) is 0. The summed E-state index contributed by atoms with van der Waals surface area (Å²) in [5, 5.41) is 0. The zero-order valence-corrected chi connectivity index (χ0v) is 6.79. The Kier molecular flexibility index (Phi) is 1.77. The smallest absolute Gasteiger partial charge is 0.211 e. The van der Waals surface area contributed by atoms with Gasteiger partial charge in [-0.05, 0) is 6.92 Å². The number of hydrogen-bond donors (Lipinski definition) is 0. The Labute approximate surface area is 64.1 Å². The molecule has 0 aromatic heterocycles. The van der Waals surface area contributed by atoms with Gasteiger partial charge in [0.25, 0.3) is 5.92 Å². The summed E-state index contributed by atoms with van der Waals surface area (Å²) in [4.78, 5) is 0. The van der Waals surface area contributed by atoms with Crippen LogP contribution in [0.3, 0.4) is 0 Å². The first-order valence-electron chi connectivity index (χ1n) is 3.63. The van der Waals surface area contributed by atoms with E-state index >= 15 is 0 Å². The summed E-state index contributed by atoms with van der Waals surface area (Å²) in [7, 11) is 0. The first-order valence-corrected chi connectivity index (χ1v) is 3.63. The van der Waals surface area contributed by atoms with Gasteiger partial charge in [-0.1, -0.05) is 13.8 Å². The lowest BCUT2D eigenvalue weighted by molar-refractivity contribution is -0.0131. The lowest BCUT2D eigenvalue weighted by atomic mass is 9.96. The Morgan fingerprint density at radius 1 is 1.27 bits per heavy atom. The van der Waals surface area contributed by atoms with Gasteiger partial charge in [-0.15, -0.1) is 0 Å². The third kappa shape index (κ3) is 0.976. The highest BCUT2D eigenvalue weighted by Gasteiger charge is 2.50. The van der Waals surface area contributed by atoms with E-state index < -0.39 is 29.2 Å². The number of halogens is 3. The van der Waals surface area contributed by atoms with Crippen LogP contribution in [0, 0.1) is 11.8 Å². The molecule has 0 amide bonds. The summed E-state index contributed by atoms with van der Waals surface area (Å²) in [5.41, 5.74) is -0.391. The maximum atomic E-state index is 12.9. The van der Waals surface area contributed by atoms with Crippen LogP contribution in [0.2, 0.25) is 0 Å². The van der Waals surface area contributed by atoms with Gasteiger partial charge in [0.05, 0.1) is 0 Å². The summed E-state index contributed by atoms with van der Waals surface area (Å²) in [5.74, 6) is -5.11. The molecule has 0 saturated heterocycles. The molecule has 0 fully saturated rings. The summed E-state index contributed by atoms with van der Waals surface area (Å²) in [6.07, 6.45) is 0. The molecule has 0 aromatic rings. The van der Waals surface area contributed by atoms with E-state index in [0.717, 1.165) is 6.92 Å². The monoisotopic (exact) mass is 164 g/mol. The van der Waals surface area contributed by atoms with Crippen LogP contribution in [0.5, 0.6) is 0 Å². The van der Waals surface area contributed by atoms with Crippen molar-refractivity contribution in [1.82, 2.24) is 0 Å². The van der Waals surface area contributed by atoms with Gasteiger partial charge in [-0.2, -0.15) is 0 Å². The molecular formula is C8H11F3. The Balaban J connectivity index is 3.06. The Morgan fingerprint density at radius 2 is 1.73 bits per heavy atom. The zero-order chi connectivity index (χ0) is 8.81. The minimum absolute atomic E-state index is 0.391. The van der Waals surface area contributed by atoms with Crippen molar-refractivity contribution in [3.63, 3.8) is 0 Å². The average molecular weight is 164 g/mol. The first-order chi connectivity index (χ1) is 4.89. The molecule has 0 spiro atoms. The molecule has 1 aliphatic rings. The van der Waals surface area contributed by atoms with Crippen LogP contribution < -0.4 is 0 Å². The van der Waals surface area contributed by atoms with E-state index in [2.05, 4.69) is 0 Å². The van der Waals surface area contributed by atoms with Crippen molar-refractivity contribution in [2.24, 2.45) is 11.8 Å². The predicted octanol–water partition coefficient (Wildman–Crippen LogP) is 3.15. The van der Waals surface area contributed by atoms with E-state index in [9.17, 15) is 13.2 Å². The largest absolute Gasteiger partial charge is 0.274 e. The predicted molar refractivity (Wildman–Crippen MR) is 37.1 cm³/mol. The maximum Gasteiger partial charge on any atom is 0.274 e.